The second-order valence-electron chi connectivity index (χ2n) is 3.38. The molecule has 0 saturated carbocycles. The molecule has 0 amide bonds. The number of anilines is 1. The van der Waals surface area contributed by atoms with E-state index in [1.807, 2.05) is 13.0 Å². The van der Waals surface area contributed by atoms with Crippen molar-refractivity contribution in [3.05, 3.63) is 33.9 Å². The Morgan fingerprint density at radius 2 is 2.31 bits per heavy atom. The number of nitrogens with one attached hydrogen (secondary N) is 1. The second kappa shape index (κ2) is 5.71. The Bertz CT molecular complexity index is 424. The van der Waals surface area contributed by atoms with Crippen molar-refractivity contribution in [3.63, 3.8) is 0 Å². The number of hydrogen-bond acceptors (Lipinski definition) is 4. The van der Waals surface area contributed by atoms with Gasteiger partial charge in [0.05, 0.1) is 16.6 Å². The van der Waals surface area contributed by atoms with Gasteiger partial charge in [-0.3, -0.25) is 10.1 Å². The van der Waals surface area contributed by atoms with Crippen LogP contribution in [-0.2, 0) is 0 Å². The van der Waals surface area contributed by atoms with Crippen LogP contribution in [0.25, 0.3) is 0 Å². The van der Waals surface area contributed by atoms with E-state index in [4.69, 9.17) is 5.26 Å². The van der Waals surface area contributed by atoms with Gasteiger partial charge in [-0.2, -0.15) is 5.26 Å². The fraction of sp³-hybridized carbons (Fsp3) is 0.364. The van der Waals surface area contributed by atoms with E-state index in [0.29, 0.717) is 17.8 Å². The monoisotopic (exact) mass is 219 g/mol. The Labute approximate surface area is 93.9 Å². The summed E-state index contributed by atoms with van der Waals surface area (Å²) in [6, 6.07) is 6.27. The zero-order valence-corrected chi connectivity index (χ0v) is 9.06. The highest BCUT2D eigenvalue weighted by Gasteiger charge is 2.13. The average Bonchev–Trinajstić information content (AvgIpc) is 2.29. The zero-order valence-electron chi connectivity index (χ0n) is 9.06. The first kappa shape index (κ1) is 12.0. The number of rotatable bonds is 5. The molecular formula is C11H13N3O2. The minimum atomic E-state index is -0.449. The Morgan fingerprint density at radius 1 is 1.56 bits per heavy atom. The van der Waals surface area contributed by atoms with Crippen molar-refractivity contribution < 1.29 is 4.92 Å². The Balaban J connectivity index is 2.92. The number of nitro groups is 1. The van der Waals surface area contributed by atoms with E-state index in [9.17, 15) is 10.1 Å². The van der Waals surface area contributed by atoms with Crippen molar-refractivity contribution in [1.82, 2.24) is 0 Å². The van der Waals surface area contributed by atoms with Crippen LogP contribution in [0.4, 0.5) is 11.4 Å². The molecule has 84 valence electrons. The van der Waals surface area contributed by atoms with E-state index >= 15 is 0 Å². The van der Waals surface area contributed by atoms with E-state index in [1.54, 1.807) is 0 Å². The van der Waals surface area contributed by atoms with E-state index in [1.165, 1.54) is 18.2 Å². The molecule has 0 fully saturated rings. The van der Waals surface area contributed by atoms with Crippen LogP contribution in [0.15, 0.2) is 18.2 Å². The van der Waals surface area contributed by atoms with Crippen LogP contribution in [0.2, 0.25) is 0 Å². The maximum Gasteiger partial charge on any atom is 0.292 e. The number of nitriles is 1. The average molecular weight is 219 g/mol. The van der Waals surface area contributed by atoms with Gasteiger partial charge in [-0.05, 0) is 18.6 Å². The minimum absolute atomic E-state index is 0.00935. The van der Waals surface area contributed by atoms with Crippen LogP contribution in [-0.4, -0.2) is 11.5 Å². The molecule has 0 saturated heterocycles. The lowest BCUT2D eigenvalue weighted by atomic mass is 10.2. The lowest BCUT2D eigenvalue weighted by molar-refractivity contribution is -0.384. The summed E-state index contributed by atoms with van der Waals surface area (Å²) < 4.78 is 0. The maximum atomic E-state index is 10.7. The molecule has 0 aliphatic rings. The summed E-state index contributed by atoms with van der Waals surface area (Å²) in [7, 11) is 0. The summed E-state index contributed by atoms with van der Waals surface area (Å²) in [5.74, 6) is 0. The van der Waals surface area contributed by atoms with Crippen molar-refractivity contribution in [2.24, 2.45) is 0 Å². The maximum absolute atomic E-state index is 10.7. The molecule has 0 unspecified atom stereocenters. The third kappa shape index (κ3) is 2.95. The Hall–Kier alpha value is -2.09. The van der Waals surface area contributed by atoms with Crippen LogP contribution < -0.4 is 5.32 Å². The van der Waals surface area contributed by atoms with Crippen molar-refractivity contribution in [1.29, 1.82) is 5.26 Å². The van der Waals surface area contributed by atoms with Gasteiger partial charge in [0.25, 0.3) is 5.69 Å². The third-order valence-electron chi connectivity index (χ3n) is 2.17. The number of hydrogen-bond donors (Lipinski definition) is 1. The molecular weight excluding hydrogens is 206 g/mol. The van der Waals surface area contributed by atoms with Crippen molar-refractivity contribution in [2.45, 2.75) is 19.8 Å². The van der Waals surface area contributed by atoms with Gasteiger partial charge in [0, 0.05) is 12.6 Å². The SMILES string of the molecule is CCCCNc1cc(C#N)ccc1[N+](=O)[O-]. The number of benzene rings is 1. The van der Waals surface area contributed by atoms with E-state index in [-0.39, 0.29) is 5.69 Å². The van der Waals surface area contributed by atoms with Gasteiger partial charge in [0.15, 0.2) is 0 Å². The van der Waals surface area contributed by atoms with Crippen LogP contribution in [0.1, 0.15) is 25.3 Å². The highest BCUT2D eigenvalue weighted by molar-refractivity contribution is 5.64. The summed E-state index contributed by atoms with van der Waals surface area (Å²) >= 11 is 0. The van der Waals surface area contributed by atoms with Crippen LogP contribution in [0.3, 0.4) is 0 Å². The van der Waals surface area contributed by atoms with Gasteiger partial charge in [0.2, 0.25) is 0 Å². The van der Waals surface area contributed by atoms with E-state index in [0.717, 1.165) is 12.8 Å². The predicted molar refractivity (Wildman–Crippen MR) is 61.2 cm³/mol. The van der Waals surface area contributed by atoms with Gasteiger partial charge < -0.3 is 5.32 Å². The lowest BCUT2D eigenvalue weighted by Gasteiger charge is -2.06. The smallest absolute Gasteiger partial charge is 0.292 e. The Morgan fingerprint density at radius 3 is 2.88 bits per heavy atom. The summed E-state index contributed by atoms with van der Waals surface area (Å²) in [4.78, 5) is 10.3. The predicted octanol–water partition coefficient (Wildman–Crippen LogP) is 2.68. The molecule has 5 nitrogen and oxygen atoms in total. The molecule has 5 heteroatoms. The molecule has 0 spiro atoms. The first-order chi connectivity index (χ1) is 7.69. The molecule has 0 aliphatic carbocycles. The van der Waals surface area contributed by atoms with Crippen LogP contribution in [0, 0.1) is 21.4 Å². The van der Waals surface area contributed by atoms with E-state index < -0.39 is 4.92 Å². The van der Waals surface area contributed by atoms with Crippen molar-refractivity contribution in [3.8, 4) is 6.07 Å². The van der Waals surface area contributed by atoms with Gasteiger partial charge in [0.1, 0.15) is 5.69 Å². The molecule has 0 aliphatic heterocycles. The zero-order chi connectivity index (χ0) is 12.0. The molecule has 0 atom stereocenters. The molecule has 0 radical (unpaired) electrons. The molecule has 0 heterocycles. The van der Waals surface area contributed by atoms with Crippen LogP contribution >= 0.6 is 0 Å². The van der Waals surface area contributed by atoms with Gasteiger partial charge in [-0.15, -0.1) is 0 Å². The summed E-state index contributed by atoms with van der Waals surface area (Å²) in [5, 5.41) is 22.4. The topological polar surface area (TPSA) is 79.0 Å². The summed E-state index contributed by atoms with van der Waals surface area (Å²) in [6.07, 6.45) is 1.95. The number of nitro benzene ring substituents is 1. The molecule has 1 aromatic rings. The standard InChI is InChI=1S/C11H13N3O2/c1-2-3-6-13-10-7-9(8-12)4-5-11(10)14(15)16/h4-5,7,13H,2-3,6H2,1H3. The fourth-order valence-corrected chi connectivity index (χ4v) is 1.31. The highest BCUT2D eigenvalue weighted by Crippen LogP contribution is 2.25. The van der Waals surface area contributed by atoms with Gasteiger partial charge >= 0.3 is 0 Å². The summed E-state index contributed by atoms with van der Waals surface area (Å²) in [5.41, 5.74) is 0.845. The second-order valence-corrected chi connectivity index (χ2v) is 3.38. The van der Waals surface area contributed by atoms with Crippen molar-refractivity contribution >= 4 is 11.4 Å². The lowest BCUT2D eigenvalue weighted by Crippen LogP contribution is -2.04. The minimum Gasteiger partial charge on any atom is -0.379 e. The van der Waals surface area contributed by atoms with Crippen molar-refractivity contribution in [2.75, 3.05) is 11.9 Å². The third-order valence-corrected chi connectivity index (χ3v) is 2.17. The fourth-order valence-electron chi connectivity index (χ4n) is 1.31. The van der Waals surface area contributed by atoms with E-state index in [2.05, 4.69) is 5.32 Å². The number of nitrogens with zero attached hydrogens (tertiary/aromatic N) is 2. The first-order valence-corrected chi connectivity index (χ1v) is 5.11. The highest BCUT2D eigenvalue weighted by atomic mass is 16.6. The molecule has 0 aromatic heterocycles. The largest absolute Gasteiger partial charge is 0.379 e. The van der Waals surface area contributed by atoms with Crippen LogP contribution in [0.5, 0.6) is 0 Å². The summed E-state index contributed by atoms with van der Waals surface area (Å²) in [6.45, 7) is 2.72. The Kier molecular flexibility index (Phi) is 4.28. The molecule has 0 bridgehead atoms. The van der Waals surface area contributed by atoms with Gasteiger partial charge in [-0.1, -0.05) is 13.3 Å². The molecule has 16 heavy (non-hydrogen) atoms. The molecule has 1 rings (SSSR count). The number of unbranched alkanes of at least 4 members (excludes halogenated alkanes) is 1. The molecule has 1 aromatic carbocycles. The van der Waals surface area contributed by atoms with Gasteiger partial charge in [-0.25, -0.2) is 0 Å². The molecule has 1 N–H and O–H groups in total. The first-order valence-electron chi connectivity index (χ1n) is 5.11. The quantitative estimate of drug-likeness (QED) is 0.469. The normalized spacial score (nSPS) is 9.50.